The molecule has 0 heterocycles. The molecule has 0 saturated heterocycles. The van der Waals surface area contributed by atoms with Gasteiger partial charge in [0.1, 0.15) is 5.82 Å². The summed E-state index contributed by atoms with van der Waals surface area (Å²) in [6, 6.07) is 12.4. The topological polar surface area (TPSA) is 72.2 Å². The summed E-state index contributed by atoms with van der Waals surface area (Å²) in [6.45, 7) is 3.94. The third-order valence-corrected chi connectivity index (χ3v) is 3.82. The summed E-state index contributed by atoms with van der Waals surface area (Å²) in [5, 5.41) is 13.5. The van der Waals surface area contributed by atoms with E-state index in [1.165, 1.54) is 30.4 Å². The van der Waals surface area contributed by atoms with E-state index in [2.05, 4.69) is 5.32 Å². The van der Waals surface area contributed by atoms with Crippen molar-refractivity contribution in [3.05, 3.63) is 81.7 Å². The van der Waals surface area contributed by atoms with Gasteiger partial charge >= 0.3 is 0 Å². The molecular weight excluding hydrogens is 323 g/mol. The second-order valence-corrected chi connectivity index (χ2v) is 6.27. The van der Waals surface area contributed by atoms with E-state index in [9.17, 15) is 19.3 Å². The average molecular weight is 342 g/mol. The zero-order valence-corrected chi connectivity index (χ0v) is 14.0. The van der Waals surface area contributed by atoms with Crippen LogP contribution in [0.1, 0.15) is 25.0 Å². The van der Waals surface area contributed by atoms with Crippen LogP contribution >= 0.6 is 0 Å². The van der Waals surface area contributed by atoms with Gasteiger partial charge < -0.3 is 5.32 Å². The molecule has 0 fully saturated rings. The Hall–Kier alpha value is -3.02. The molecule has 6 heteroatoms. The van der Waals surface area contributed by atoms with Crippen LogP contribution in [0.4, 0.5) is 10.1 Å². The summed E-state index contributed by atoms with van der Waals surface area (Å²) in [6.07, 6.45) is 2.80. The summed E-state index contributed by atoms with van der Waals surface area (Å²) < 4.78 is 13.9. The summed E-state index contributed by atoms with van der Waals surface area (Å²) in [5.41, 5.74) is 0.472. The fourth-order valence-electron chi connectivity index (χ4n) is 2.39. The number of nitrogens with one attached hydrogen (secondary N) is 1. The number of hydrogen-bond acceptors (Lipinski definition) is 3. The number of nitrogens with zero attached hydrogens (tertiary/aromatic N) is 1. The van der Waals surface area contributed by atoms with Crippen LogP contribution in [0, 0.1) is 15.9 Å². The van der Waals surface area contributed by atoms with Gasteiger partial charge in [0, 0.05) is 30.2 Å². The Kier molecular flexibility index (Phi) is 5.64. The van der Waals surface area contributed by atoms with E-state index in [0.717, 1.165) is 0 Å². The van der Waals surface area contributed by atoms with Gasteiger partial charge in [0.05, 0.1) is 4.92 Å². The molecule has 0 spiro atoms. The lowest BCUT2D eigenvalue weighted by atomic mass is 9.84. The molecule has 0 bridgehead atoms. The van der Waals surface area contributed by atoms with E-state index in [0.29, 0.717) is 11.1 Å². The van der Waals surface area contributed by atoms with Crippen LogP contribution in [-0.4, -0.2) is 17.4 Å². The lowest BCUT2D eigenvalue weighted by molar-refractivity contribution is -0.384. The largest absolute Gasteiger partial charge is 0.352 e. The van der Waals surface area contributed by atoms with Gasteiger partial charge in [-0.15, -0.1) is 0 Å². The highest BCUT2D eigenvalue weighted by molar-refractivity contribution is 5.91. The summed E-state index contributed by atoms with van der Waals surface area (Å²) >= 11 is 0. The number of non-ortho nitro benzene ring substituents is 1. The van der Waals surface area contributed by atoms with Crippen molar-refractivity contribution in [2.24, 2.45) is 0 Å². The normalized spacial score (nSPS) is 11.5. The van der Waals surface area contributed by atoms with Gasteiger partial charge in [-0.1, -0.05) is 44.2 Å². The summed E-state index contributed by atoms with van der Waals surface area (Å²) in [5.74, 6) is -0.662. The predicted molar refractivity (Wildman–Crippen MR) is 94.6 cm³/mol. The molecule has 130 valence electrons. The first-order valence-electron chi connectivity index (χ1n) is 7.75. The fraction of sp³-hybridized carbons (Fsp3) is 0.211. The van der Waals surface area contributed by atoms with Gasteiger partial charge in [-0.2, -0.15) is 0 Å². The summed E-state index contributed by atoms with van der Waals surface area (Å²) in [4.78, 5) is 22.2. The Labute approximate surface area is 145 Å². The van der Waals surface area contributed by atoms with Crippen LogP contribution in [0.25, 0.3) is 6.08 Å². The SMILES string of the molecule is CC(C)(CNC(=O)/C=C/c1cccc([N+](=O)[O-])c1)c1ccccc1F. The van der Waals surface area contributed by atoms with Crippen molar-refractivity contribution in [1.82, 2.24) is 5.32 Å². The average Bonchev–Trinajstić information content (AvgIpc) is 2.58. The highest BCUT2D eigenvalue weighted by atomic mass is 19.1. The van der Waals surface area contributed by atoms with Crippen LogP contribution in [-0.2, 0) is 10.2 Å². The number of amides is 1. The second kappa shape index (κ2) is 7.70. The number of nitro groups is 1. The van der Waals surface area contributed by atoms with Crippen molar-refractivity contribution in [2.45, 2.75) is 19.3 Å². The predicted octanol–water partition coefficient (Wildman–Crippen LogP) is 3.84. The van der Waals surface area contributed by atoms with Gasteiger partial charge in [0.15, 0.2) is 0 Å². The van der Waals surface area contributed by atoms with Crippen molar-refractivity contribution in [1.29, 1.82) is 0 Å². The Bertz CT molecular complexity index is 816. The zero-order chi connectivity index (χ0) is 18.4. The molecule has 0 unspecified atom stereocenters. The lowest BCUT2D eigenvalue weighted by Crippen LogP contribution is -2.36. The first-order chi connectivity index (χ1) is 11.8. The van der Waals surface area contributed by atoms with Crippen molar-refractivity contribution >= 4 is 17.7 Å². The molecule has 5 nitrogen and oxygen atoms in total. The van der Waals surface area contributed by atoms with Crippen molar-refractivity contribution in [3.63, 3.8) is 0 Å². The Morgan fingerprint density at radius 2 is 1.96 bits per heavy atom. The van der Waals surface area contributed by atoms with Gasteiger partial charge in [-0.3, -0.25) is 14.9 Å². The Morgan fingerprint density at radius 3 is 2.64 bits per heavy atom. The molecule has 0 aliphatic carbocycles. The van der Waals surface area contributed by atoms with E-state index in [1.54, 1.807) is 30.3 Å². The maximum absolute atomic E-state index is 13.9. The maximum Gasteiger partial charge on any atom is 0.270 e. The quantitative estimate of drug-likeness (QED) is 0.492. The maximum atomic E-state index is 13.9. The van der Waals surface area contributed by atoms with Gasteiger partial charge in [-0.25, -0.2) is 4.39 Å². The minimum Gasteiger partial charge on any atom is -0.352 e. The molecular formula is C19H19FN2O3. The molecule has 2 rings (SSSR count). The number of nitro benzene ring substituents is 1. The van der Waals surface area contributed by atoms with Crippen LogP contribution < -0.4 is 5.32 Å². The van der Waals surface area contributed by atoms with Crippen LogP contribution in [0.5, 0.6) is 0 Å². The number of benzene rings is 2. The third-order valence-electron chi connectivity index (χ3n) is 3.82. The minimum atomic E-state index is -0.569. The monoisotopic (exact) mass is 342 g/mol. The summed E-state index contributed by atoms with van der Waals surface area (Å²) in [7, 11) is 0. The van der Waals surface area contributed by atoms with Gasteiger partial charge in [0.2, 0.25) is 5.91 Å². The van der Waals surface area contributed by atoms with Crippen molar-refractivity contribution in [3.8, 4) is 0 Å². The Morgan fingerprint density at radius 1 is 1.24 bits per heavy atom. The van der Waals surface area contributed by atoms with E-state index in [1.807, 2.05) is 13.8 Å². The molecule has 1 amide bonds. The highest BCUT2D eigenvalue weighted by Crippen LogP contribution is 2.24. The Balaban J connectivity index is 1.99. The van der Waals surface area contributed by atoms with Crippen LogP contribution in [0.2, 0.25) is 0 Å². The second-order valence-electron chi connectivity index (χ2n) is 6.27. The van der Waals surface area contributed by atoms with Gasteiger partial charge in [-0.05, 0) is 23.3 Å². The van der Waals surface area contributed by atoms with E-state index < -0.39 is 10.3 Å². The standard InChI is InChI=1S/C19H19FN2O3/c1-19(2,16-8-3-4-9-17(16)20)13-21-18(23)11-10-14-6-5-7-15(12-14)22(24)25/h3-12H,13H2,1-2H3,(H,21,23)/b11-10+. The minimum absolute atomic E-state index is 0.0387. The van der Waals surface area contributed by atoms with Crippen molar-refractivity contribution < 1.29 is 14.1 Å². The molecule has 0 atom stereocenters. The molecule has 0 radical (unpaired) electrons. The first kappa shape index (κ1) is 18.3. The number of carbonyl (C=O) groups excluding carboxylic acids is 1. The molecule has 2 aromatic rings. The number of halogens is 1. The highest BCUT2D eigenvalue weighted by Gasteiger charge is 2.24. The molecule has 0 saturated carbocycles. The molecule has 25 heavy (non-hydrogen) atoms. The van der Waals surface area contributed by atoms with Crippen LogP contribution in [0.3, 0.4) is 0 Å². The fourth-order valence-corrected chi connectivity index (χ4v) is 2.39. The van der Waals surface area contributed by atoms with Crippen molar-refractivity contribution in [2.75, 3.05) is 6.54 Å². The smallest absolute Gasteiger partial charge is 0.270 e. The molecule has 0 aliphatic heterocycles. The molecule has 0 aliphatic rings. The number of carbonyl (C=O) groups is 1. The van der Waals surface area contributed by atoms with Crippen LogP contribution in [0.15, 0.2) is 54.6 Å². The third kappa shape index (κ3) is 4.97. The van der Waals surface area contributed by atoms with Gasteiger partial charge in [0.25, 0.3) is 5.69 Å². The van der Waals surface area contributed by atoms with E-state index >= 15 is 0 Å². The van der Waals surface area contributed by atoms with E-state index in [4.69, 9.17) is 0 Å². The lowest BCUT2D eigenvalue weighted by Gasteiger charge is -2.25. The zero-order valence-electron chi connectivity index (χ0n) is 14.0. The van der Waals surface area contributed by atoms with E-state index in [-0.39, 0.29) is 24.0 Å². The number of rotatable bonds is 6. The molecule has 2 aromatic carbocycles. The number of hydrogen-bond donors (Lipinski definition) is 1. The first-order valence-corrected chi connectivity index (χ1v) is 7.75. The molecule has 0 aromatic heterocycles. The molecule has 1 N–H and O–H groups in total.